The molecule has 2 atom stereocenters. The van der Waals surface area contributed by atoms with Crippen LogP contribution in [0.1, 0.15) is 17.3 Å². The molecule has 5 nitrogen and oxygen atoms in total. The summed E-state index contributed by atoms with van der Waals surface area (Å²) in [5.74, 6) is -0.347. The molecule has 0 aliphatic carbocycles. The number of nitrogen functional groups attached to an aromatic ring is 1. The fourth-order valence-electron chi connectivity index (χ4n) is 1.44. The number of hydrogen-bond donors (Lipinski definition) is 3. The summed E-state index contributed by atoms with van der Waals surface area (Å²) in [6.45, 7) is 1.81. The molecule has 0 saturated heterocycles. The SMILES string of the molecule is CSC(CO)C(C)NC(=O)c1cc(N)cnc1Cl. The number of nitrogens with one attached hydrogen (secondary N) is 1. The summed E-state index contributed by atoms with van der Waals surface area (Å²) in [5, 5.41) is 12.0. The van der Waals surface area contributed by atoms with Crippen molar-refractivity contribution in [3.8, 4) is 0 Å². The maximum absolute atomic E-state index is 12.0. The van der Waals surface area contributed by atoms with Crippen molar-refractivity contribution in [1.82, 2.24) is 10.3 Å². The highest BCUT2D eigenvalue weighted by Gasteiger charge is 2.20. The van der Waals surface area contributed by atoms with Gasteiger partial charge in [0, 0.05) is 11.3 Å². The van der Waals surface area contributed by atoms with Crippen molar-refractivity contribution in [2.24, 2.45) is 0 Å². The highest BCUT2D eigenvalue weighted by Crippen LogP contribution is 2.17. The first-order valence-corrected chi connectivity index (χ1v) is 7.01. The van der Waals surface area contributed by atoms with Crippen molar-refractivity contribution in [3.05, 3.63) is 23.0 Å². The highest BCUT2D eigenvalue weighted by molar-refractivity contribution is 7.99. The molecule has 0 bridgehead atoms. The molecule has 0 saturated carbocycles. The minimum atomic E-state index is -0.347. The van der Waals surface area contributed by atoms with Crippen LogP contribution in [0.3, 0.4) is 0 Å². The van der Waals surface area contributed by atoms with Crippen molar-refractivity contribution in [1.29, 1.82) is 0 Å². The highest BCUT2D eigenvalue weighted by atomic mass is 35.5. The van der Waals surface area contributed by atoms with E-state index < -0.39 is 0 Å². The maximum atomic E-state index is 12.0. The fourth-order valence-corrected chi connectivity index (χ4v) is 2.25. The smallest absolute Gasteiger partial charge is 0.254 e. The second kappa shape index (κ2) is 6.82. The number of nitrogens with two attached hydrogens (primary N) is 1. The Balaban J connectivity index is 2.79. The summed E-state index contributed by atoms with van der Waals surface area (Å²) in [7, 11) is 0. The van der Waals surface area contributed by atoms with Crippen LogP contribution in [0.2, 0.25) is 5.15 Å². The van der Waals surface area contributed by atoms with E-state index in [1.165, 1.54) is 24.0 Å². The van der Waals surface area contributed by atoms with E-state index in [0.717, 1.165) is 0 Å². The first-order chi connectivity index (χ1) is 8.49. The Morgan fingerprint density at radius 2 is 2.39 bits per heavy atom. The summed E-state index contributed by atoms with van der Waals surface area (Å²) in [4.78, 5) is 15.8. The van der Waals surface area contributed by atoms with Gasteiger partial charge in [0.1, 0.15) is 5.15 Å². The number of rotatable bonds is 5. The van der Waals surface area contributed by atoms with Crippen LogP contribution in [0.25, 0.3) is 0 Å². The molecule has 1 aromatic heterocycles. The van der Waals surface area contributed by atoms with E-state index in [4.69, 9.17) is 22.4 Å². The van der Waals surface area contributed by atoms with Gasteiger partial charge in [-0.2, -0.15) is 11.8 Å². The van der Waals surface area contributed by atoms with Crippen molar-refractivity contribution < 1.29 is 9.90 Å². The second-order valence-electron chi connectivity index (χ2n) is 3.83. The lowest BCUT2D eigenvalue weighted by Crippen LogP contribution is -2.41. The Morgan fingerprint density at radius 3 is 2.94 bits per heavy atom. The van der Waals surface area contributed by atoms with Crippen molar-refractivity contribution in [2.75, 3.05) is 18.6 Å². The van der Waals surface area contributed by atoms with Gasteiger partial charge in [-0.1, -0.05) is 11.6 Å². The number of amides is 1. The van der Waals surface area contributed by atoms with Crippen LogP contribution in [0.4, 0.5) is 5.69 Å². The van der Waals surface area contributed by atoms with Crippen LogP contribution >= 0.6 is 23.4 Å². The Hall–Kier alpha value is -0.980. The van der Waals surface area contributed by atoms with Crippen LogP contribution in [-0.2, 0) is 0 Å². The Kier molecular flexibility index (Phi) is 5.71. The number of hydrogen-bond acceptors (Lipinski definition) is 5. The van der Waals surface area contributed by atoms with Crippen LogP contribution in [0.15, 0.2) is 12.3 Å². The van der Waals surface area contributed by atoms with Crippen LogP contribution in [0, 0.1) is 0 Å². The molecule has 0 aromatic carbocycles. The van der Waals surface area contributed by atoms with Gasteiger partial charge in [-0.15, -0.1) is 0 Å². The van der Waals surface area contributed by atoms with E-state index in [2.05, 4.69) is 10.3 Å². The zero-order valence-electron chi connectivity index (χ0n) is 10.2. The van der Waals surface area contributed by atoms with Gasteiger partial charge in [-0.05, 0) is 19.2 Å². The molecule has 1 rings (SSSR count). The predicted molar refractivity (Wildman–Crippen MR) is 75.0 cm³/mol. The lowest BCUT2D eigenvalue weighted by molar-refractivity contribution is 0.0936. The number of pyridine rings is 1. The predicted octanol–water partition coefficient (Wildman–Crippen LogP) is 1.16. The van der Waals surface area contributed by atoms with Gasteiger partial charge < -0.3 is 16.2 Å². The van der Waals surface area contributed by atoms with E-state index in [0.29, 0.717) is 5.69 Å². The van der Waals surface area contributed by atoms with E-state index in [1.54, 1.807) is 0 Å². The quantitative estimate of drug-likeness (QED) is 0.708. The van der Waals surface area contributed by atoms with Crippen molar-refractivity contribution >= 4 is 35.0 Å². The van der Waals surface area contributed by atoms with Gasteiger partial charge in [-0.25, -0.2) is 4.98 Å². The number of nitrogens with zero attached hydrogens (tertiary/aromatic N) is 1. The first-order valence-electron chi connectivity index (χ1n) is 5.35. The molecule has 100 valence electrons. The summed E-state index contributed by atoms with van der Waals surface area (Å²) < 4.78 is 0. The Bertz CT molecular complexity index is 427. The third-order valence-corrected chi connectivity index (χ3v) is 3.97. The minimum absolute atomic E-state index is 0.00841. The van der Waals surface area contributed by atoms with E-state index in [-0.39, 0.29) is 34.5 Å². The summed E-state index contributed by atoms with van der Waals surface area (Å²) in [6, 6.07) is 1.29. The molecule has 18 heavy (non-hydrogen) atoms. The number of carbonyl (C=O) groups is 1. The number of carbonyl (C=O) groups excluding carboxylic acids is 1. The van der Waals surface area contributed by atoms with E-state index >= 15 is 0 Å². The van der Waals surface area contributed by atoms with Gasteiger partial charge in [0.25, 0.3) is 5.91 Å². The zero-order valence-corrected chi connectivity index (χ0v) is 11.8. The fraction of sp³-hybridized carbons (Fsp3) is 0.455. The van der Waals surface area contributed by atoms with Crippen LogP contribution in [0.5, 0.6) is 0 Å². The van der Waals surface area contributed by atoms with Gasteiger partial charge in [0.2, 0.25) is 0 Å². The monoisotopic (exact) mass is 289 g/mol. The number of aliphatic hydroxyl groups is 1. The van der Waals surface area contributed by atoms with Gasteiger partial charge in [0.15, 0.2) is 0 Å². The molecule has 1 aromatic rings. The number of thioether (sulfide) groups is 1. The van der Waals surface area contributed by atoms with Gasteiger partial charge >= 0.3 is 0 Å². The molecule has 1 amide bonds. The minimum Gasteiger partial charge on any atom is -0.397 e. The number of aromatic nitrogens is 1. The first kappa shape index (κ1) is 15.1. The standard InChI is InChI=1S/C11H16ClN3O2S/c1-6(9(5-16)18-2)15-11(17)8-3-7(13)4-14-10(8)12/h3-4,6,9,16H,5,13H2,1-2H3,(H,15,17). The molecule has 0 radical (unpaired) electrons. The Labute approximate surface area is 115 Å². The molecule has 0 aliphatic heterocycles. The molecule has 4 N–H and O–H groups in total. The molecule has 1 heterocycles. The zero-order chi connectivity index (χ0) is 13.7. The molecule has 2 unspecified atom stereocenters. The lowest BCUT2D eigenvalue weighted by Gasteiger charge is -2.21. The molecule has 0 fully saturated rings. The topological polar surface area (TPSA) is 88.2 Å². The summed E-state index contributed by atoms with van der Waals surface area (Å²) >= 11 is 7.32. The summed E-state index contributed by atoms with van der Waals surface area (Å²) in [6.07, 6.45) is 3.26. The Morgan fingerprint density at radius 1 is 1.72 bits per heavy atom. The molecular formula is C11H16ClN3O2S. The molecular weight excluding hydrogens is 274 g/mol. The number of anilines is 1. The van der Waals surface area contributed by atoms with Gasteiger partial charge in [-0.3, -0.25) is 4.79 Å². The van der Waals surface area contributed by atoms with E-state index in [9.17, 15) is 4.79 Å². The maximum Gasteiger partial charge on any atom is 0.254 e. The van der Waals surface area contributed by atoms with E-state index in [1.807, 2.05) is 13.2 Å². The van der Waals surface area contributed by atoms with Gasteiger partial charge in [0.05, 0.1) is 24.1 Å². The third-order valence-electron chi connectivity index (χ3n) is 2.50. The van der Waals surface area contributed by atoms with Crippen molar-refractivity contribution in [2.45, 2.75) is 18.2 Å². The number of aliphatic hydroxyl groups excluding tert-OH is 1. The van der Waals surface area contributed by atoms with Crippen LogP contribution in [-0.4, -0.2) is 40.2 Å². The third kappa shape index (κ3) is 3.76. The molecule has 7 heteroatoms. The average Bonchev–Trinajstić information content (AvgIpc) is 2.33. The molecule has 0 spiro atoms. The molecule has 0 aliphatic rings. The lowest BCUT2D eigenvalue weighted by atomic mass is 10.2. The average molecular weight is 290 g/mol. The summed E-state index contributed by atoms with van der Waals surface area (Å²) in [5.41, 5.74) is 6.18. The number of halogens is 1. The second-order valence-corrected chi connectivity index (χ2v) is 5.26. The largest absolute Gasteiger partial charge is 0.397 e. The van der Waals surface area contributed by atoms with Crippen molar-refractivity contribution in [3.63, 3.8) is 0 Å². The normalized spacial score (nSPS) is 14.0. The van der Waals surface area contributed by atoms with Crippen LogP contribution < -0.4 is 11.1 Å².